The van der Waals surface area contributed by atoms with Gasteiger partial charge in [0.15, 0.2) is 0 Å². The van der Waals surface area contributed by atoms with Gasteiger partial charge in [-0.05, 0) is 68.1 Å². The Morgan fingerprint density at radius 1 is 1.30 bits per heavy atom. The van der Waals surface area contributed by atoms with Crippen LogP contribution in [0.2, 0.25) is 0 Å². The summed E-state index contributed by atoms with van der Waals surface area (Å²) >= 11 is 0. The number of fused-ring (bicyclic) bond motifs is 2. The van der Waals surface area contributed by atoms with Crippen LogP contribution in [0.4, 0.5) is 0 Å². The van der Waals surface area contributed by atoms with Crippen LogP contribution in [-0.4, -0.2) is 33.6 Å². The first kappa shape index (κ1) is 17.4. The first-order valence-corrected chi connectivity index (χ1v) is 9.41. The van der Waals surface area contributed by atoms with E-state index in [2.05, 4.69) is 26.8 Å². The Balaban J connectivity index is 2.01. The molecule has 0 unspecified atom stereocenters. The van der Waals surface area contributed by atoms with Crippen LogP contribution < -0.4 is 0 Å². The van der Waals surface area contributed by atoms with Crippen LogP contribution >= 0.6 is 0 Å². The first-order valence-electron chi connectivity index (χ1n) is 9.41. The largest absolute Gasteiger partial charge is 0.396 e. The second kappa shape index (κ2) is 5.86. The number of hydrogen-bond donors (Lipinski definition) is 3. The van der Waals surface area contributed by atoms with E-state index in [9.17, 15) is 15.3 Å². The lowest BCUT2D eigenvalue weighted by Crippen LogP contribution is -2.45. The molecule has 3 aliphatic rings. The van der Waals surface area contributed by atoms with Crippen molar-refractivity contribution in [3.8, 4) is 0 Å². The summed E-state index contributed by atoms with van der Waals surface area (Å²) in [6, 6.07) is 0. The van der Waals surface area contributed by atoms with Gasteiger partial charge in [-0.1, -0.05) is 32.4 Å². The molecule has 0 saturated heterocycles. The molecule has 0 heterocycles. The number of hydrogen-bond acceptors (Lipinski definition) is 3. The van der Waals surface area contributed by atoms with Crippen LogP contribution in [0.25, 0.3) is 0 Å². The molecular formula is C20H34O3. The SMILES string of the molecule is CC(C)[C@H]1CC[C@]2(C)C[C@@H]3[C@@H](CO)C[C@@H](O)[C@H]3[C@@](C)(O)CC=C12. The summed E-state index contributed by atoms with van der Waals surface area (Å²) in [7, 11) is 0. The summed E-state index contributed by atoms with van der Waals surface area (Å²) in [6.07, 6.45) is 6.47. The molecule has 132 valence electrons. The zero-order valence-corrected chi connectivity index (χ0v) is 15.1. The van der Waals surface area contributed by atoms with Crippen LogP contribution in [0, 0.1) is 35.0 Å². The molecule has 7 atom stereocenters. The second-order valence-electron chi connectivity index (χ2n) is 9.31. The number of rotatable bonds is 2. The van der Waals surface area contributed by atoms with E-state index in [1.165, 1.54) is 18.4 Å². The Morgan fingerprint density at radius 3 is 2.61 bits per heavy atom. The fourth-order valence-corrected chi connectivity index (χ4v) is 6.09. The minimum absolute atomic E-state index is 0.118. The van der Waals surface area contributed by atoms with Crippen molar-refractivity contribution in [2.45, 2.75) is 71.5 Å². The molecule has 3 heteroatoms. The third kappa shape index (κ3) is 2.79. The fraction of sp³-hybridized carbons (Fsp3) is 0.900. The molecule has 3 aliphatic carbocycles. The Kier molecular flexibility index (Phi) is 4.44. The molecule has 2 fully saturated rings. The number of aliphatic hydroxyl groups excluding tert-OH is 2. The van der Waals surface area contributed by atoms with E-state index in [4.69, 9.17) is 0 Å². The number of aliphatic hydroxyl groups is 3. The Bertz CT molecular complexity index is 481. The normalized spacial score (nSPS) is 50.3. The van der Waals surface area contributed by atoms with Gasteiger partial charge in [-0.25, -0.2) is 0 Å². The summed E-state index contributed by atoms with van der Waals surface area (Å²) < 4.78 is 0. The van der Waals surface area contributed by atoms with Gasteiger partial charge >= 0.3 is 0 Å². The summed E-state index contributed by atoms with van der Waals surface area (Å²) in [5.41, 5.74) is 0.822. The smallest absolute Gasteiger partial charge is 0.0709 e. The van der Waals surface area contributed by atoms with Crippen molar-refractivity contribution < 1.29 is 15.3 Å². The van der Waals surface area contributed by atoms with Crippen molar-refractivity contribution in [1.29, 1.82) is 0 Å². The third-order valence-corrected chi connectivity index (χ3v) is 7.31. The number of allylic oxidation sites excluding steroid dienone is 1. The van der Waals surface area contributed by atoms with E-state index in [0.717, 1.165) is 6.42 Å². The third-order valence-electron chi connectivity index (χ3n) is 7.31. The average molecular weight is 322 g/mol. The van der Waals surface area contributed by atoms with Crippen LogP contribution in [-0.2, 0) is 0 Å². The predicted octanol–water partition coefficient (Wildman–Crippen LogP) is 3.14. The lowest BCUT2D eigenvalue weighted by Gasteiger charge is -2.43. The van der Waals surface area contributed by atoms with Gasteiger partial charge in [0.2, 0.25) is 0 Å². The van der Waals surface area contributed by atoms with Crippen molar-refractivity contribution >= 4 is 0 Å². The van der Waals surface area contributed by atoms with Crippen LogP contribution in [0.15, 0.2) is 11.6 Å². The summed E-state index contributed by atoms with van der Waals surface area (Å²) in [4.78, 5) is 0. The maximum atomic E-state index is 11.1. The Labute approximate surface area is 140 Å². The van der Waals surface area contributed by atoms with E-state index >= 15 is 0 Å². The van der Waals surface area contributed by atoms with Crippen molar-refractivity contribution in [2.75, 3.05) is 6.61 Å². The van der Waals surface area contributed by atoms with Crippen molar-refractivity contribution in [2.24, 2.45) is 35.0 Å². The molecule has 3 N–H and O–H groups in total. The van der Waals surface area contributed by atoms with Gasteiger partial charge in [0.05, 0.1) is 11.7 Å². The van der Waals surface area contributed by atoms with Gasteiger partial charge in [-0.3, -0.25) is 0 Å². The van der Waals surface area contributed by atoms with Crippen LogP contribution in [0.3, 0.4) is 0 Å². The molecule has 3 rings (SSSR count). The quantitative estimate of drug-likeness (QED) is 0.685. The highest BCUT2D eigenvalue weighted by atomic mass is 16.3. The molecule has 0 radical (unpaired) electrons. The van der Waals surface area contributed by atoms with Gasteiger partial charge in [0.1, 0.15) is 0 Å². The van der Waals surface area contributed by atoms with E-state index in [1.54, 1.807) is 0 Å². The first-order chi connectivity index (χ1) is 10.7. The van der Waals surface area contributed by atoms with E-state index in [0.29, 0.717) is 24.7 Å². The van der Waals surface area contributed by atoms with Crippen LogP contribution in [0.1, 0.15) is 59.8 Å². The maximum absolute atomic E-state index is 11.1. The van der Waals surface area contributed by atoms with Crippen molar-refractivity contribution in [3.05, 3.63) is 11.6 Å². The average Bonchev–Trinajstić information content (AvgIpc) is 2.93. The molecule has 0 aliphatic heterocycles. The topological polar surface area (TPSA) is 60.7 Å². The van der Waals surface area contributed by atoms with Gasteiger partial charge < -0.3 is 15.3 Å². The summed E-state index contributed by atoms with van der Waals surface area (Å²) in [5, 5.41) is 31.4. The molecule has 3 nitrogen and oxygen atoms in total. The monoisotopic (exact) mass is 322 g/mol. The summed E-state index contributed by atoms with van der Waals surface area (Å²) in [5.74, 6) is 1.46. The lowest BCUT2D eigenvalue weighted by molar-refractivity contribution is -0.0709. The highest BCUT2D eigenvalue weighted by Gasteiger charge is 2.55. The zero-order chi connectivity index (χ0) is 17.0. The highest BCUT2D eigenvalue weighted by Crippen LogP contribution is 2.58. The minimum atomic E-state index is -0.882. The molecule has 0 spiro atoms. The second-order valence-corrected chi connectivity index (χ2v) is 9.31. The van der Waals surface area contributed by atoms with E-state index in [-0.39, 0.29) is 29.8 Å². The van der Waals surface area contributed by atoms with Crippen molar-refractivity contribution in [3.63, 3.8) is 0 Å². The molecule has 2 saturated carbocycles. The molecular weight excluding hydrogens is 288 g/mol. The molecule has 23 heavy (non-hydrogen) atoms. The van der Waals surface area contributed by atoms with E-state index in [1.807, 2.05) is 6.92 Å². The lowest BCUT2D eigenvalue weighted by atomic mass is 9.64. The molecule has 0 aromatic carbocycles. The Hall–Kier alpha value is -0.380. The fourth-order valence-electron chi connectivity index (χ4n) is 6.09. The highest BCUT2D eigenvalue weighted by molar-refractivity contribution is 5.26. The Morgan fingerprint density at radius 2 is 2.00 bits per heavy atom. The van der Waals surface area contributed by atoms with Gasteiger partial charge in [0.25, 0.3) is 0 Å². The van der Waals surface area contributed by atoms with Gasteiger partial charge in [0, 0.05) is 12.5 Å². The van der Waals surface area contributed by atoms with Gasteiger partial charge in [-0.15, -0.1) is 0 Å². The zero-order valence-electron chi connectivity index (χ0n) is 15.1. The molecule has 0 aromatic rings. The molecule has 0 amide bonds. The molecule has 0 bridgehead atoms. The summed E-state index contributed by atoms with van der Waals surface area (Å²) in [6.45, 7) is 8.97. The maximum Gasteiger partial charge on any atom is 0.0709 e. The van der Waals surface area contributed by atoms with Crippen LogP contribution in [0.5, 0.6) is 0 Å². The van der Waals surface area contributed by atoms with Gasteiger partial charge in [-0.2, -0.15) is 0 Å². The standard InChI is InChI=1S/C20H34O3/c1-12(2)14-5-7-19(3)10-15-13(11-21)9-17(22)18(15)20(4,23)8-6-16(14)19/h6,12-15,17-18,21-23H,5,7-11H2,1-4H3/t13-,14-,15-,17-,18+,19-,20+/m1/s1. The molecule has 0 aromatic heterocycles. The van der Waals surface area contributed by atoms with Crippen molar-refractivity contribution in [1.82, 2.24) is 0 Å². The predicted molar refractivity (Wildman–Crippen MR) is 91.8 cm³/mol. The van der Waals surface area contributed by atoms with E-state index < -0.39 is 11.7 Å². The minimum Gasteiger partial charge on any atom is -0.396 e.